The molecule has 0 bridgehead atoms. The highest BCUT2D eigenvalue weighted by Gasteiger charge is 2.41. The molecule has 0 spiro atoms. The minimum Gasteiger partial charge on any atom is -0.391 e. The van der Waals surface area contributed by atoms with Crippen molar-refractivity contribution in [3.8, 4) is 33.8 Å². The molecule has 1 fully saturated rings. The highest BCUT2D eigenvalue weighted by Crippen LogP contribution is 2.45. The first-order chi connectivity index (χ1) is 17.7. The minimum atomic E-state index is -4.82. The van der Waals surface area contributed by atoms with E-state index in [1.54, 1.807) is 23.1 Å². The topological polar surface area (TPSA) is 110 Å². The predicted octanol–water partition coefficient (Wildman–Crippen LogP) is 4.56. The van der Waals surface area contributed by atoms with Gasteiger partial charge in [-0.1, -0.05) is 28.9 Å². The normalized spacial score (nSPS) is 14.5. The van der Waals surface area contributed by atoms with E-state index in [9.17, 15) is 23.1 Å². The Morgan fingerprint density at radius 2 is 2.03 bits per heavy atom. The third kappa shape index (κ3) is 4.58. The summed E-state index contributed by atoms with van der Waals surface area (Å²) in [4.78, 5) is 22.6. The molecule has 1 aliphatic heterocycles. The van der Waals surface area contributed by atoms with E-state index in [0.29, 0.717) is 23.3 Å². The first-order valence-corrected chi connectivity index (χ1v) is 11.7. The lowest BCUT2D eigenvalue weighted by molar-refractivity contribution is -0.144. The van der Waals surface area contributed by atoms with Gasteiger partial charge in [-0.2, -0.15) is 18.3 Å². The molecule has 37 heavy (non-hydrogen) atoms. The molecule has 0 aliphatic carbocycles. The second-order valence-corrected chi connectivity index (χ2v) is 8.96. The molecule has 1 atom stereocenters. The fourth-order valence-corrected chi connectivity index (χ4v) is 4.44. The van der Waals surface area contributed by atoms with Crippen LogP contribution in [0.25, 0.3) is 33.8 Å². The number of carbonyl (C=O) groups excluding carboxylic acids is 1. The van der Waals surface area contributed by atoms with E-state index in [2.05, 4.69) is 20.2 Å². The summed E-state index contributed by atoms with van der Waals surface area (Å²) in [6.45, 7) is 2.22. The second-order valence-electron chi connectivity index (χ2n) is 8.58. The lowest BCUT2D eigenvalue weighted by atomic mass is 9.98. The maximum Gasteiger partial charge on any atom is 0.433 e. The number of likely N-dealkylation sites (tertiary alicyclic amines) is 1. The number of benzene rings is 1. The first kappa shape index (κ1) is 24.9. The SMILES string of the molecule is C[C@@H](O)Cn1ncc(-c2onc(-c3cccc(C(=O)N4CCC4)c3Cl)c2-c2ccncn2)c1C(F)(F)F. The van der Waals surface area contributed by atoms with Gasteiger partial charge in [-0.05, 0) is 25.5 Å². The van der Waals surface area contributed by atoms with Crippen LogP contribution in [0.5, 0.6) is 0 Å². The first-order valence-electron chi connectivity index (χ1n) is 11.3. The van der Waals surface area contributed by atoms with Gasteiger partial charge in [0.1, 0.15) is 12.0 Å². The maximum absolute atomic E-state index is 14.2. The van der Waals surface area contributed by atoms with Crippen LogP contribution in [0, 0.1) is 0 Å². The molecule has 1 amide bonds. The number of hydrogen-bond acceptors (Lipinski definition) is 7. The molecule has 4 aromatic rings. The molecule has 1 aromatic carbocycles. The Labute approximate surface area is 213 Å². The summed E-state index contributed by atoms with van der Waals surface area (Å²) in [6.07, 6.45) is -1.33. The Kier molecular flexibility index (Phi) is 6.46. The van der Waals surface area contributed by atoms with Gasteiger partial charge in [-0.3, -0.25) is 9.48 Å². The molecule has 0 saturated carbocycles. The Balaban J connectivity index is 1.72. The van der Waals surface area contributed by atoms with Gasteiger partial charge in [-0.15, -0.1) is 0 Å². The van der Waals surface area contributed by atoms with Crippen molar-refractivity contribution in [2.75, 3.05) is 13.1 Å². The summed E-state index contributed by atoms with van der Waals surface area (Å²) in [6, 6.07) is 6.30. The minimum absolute atomic E-state index is 0.0930. The lowest BCUT2D eigenvalue weighted by Gasteiger charge is -2.31. The van der Waals surface area contributed by atoms with Crippen LogP contribution in [-0.2, 0) is 12.7 Å². The van der Waals surface area contributed by atoms with Crippen molar-refractivity contribution >= 4 is 17.5 Å². The zero-order valence-corrected chi connectivity index (χ0v) is 20.2. The van der Waals surface area contributed by atoms with Crippen LogP contribution in [-0.4, -0.2) is 60.0 Å². The van der Waals surface area contributed by atoms with Crippen molar-refractivity contribution in [3.05, 3.63) is 59.3 Å². The molecule has 0 unspecified atom stereocenters. The molecular formula is C24H20ClF3N6O3. The molecule has 5 rings (SSSR count). The average molecular weight is 533 g/mol. The van der Waals surface area contributed by atoms with Gasteiger partial charge >= 0.3 is 6.18 Å². The Hall–Kier alpha value is -3.77. The van der Waals surface area contributed by atoms with Gasteiger partial charge in [-0.25, -0.2) is 9.97 Å². The van der Waals surface area contributed by atoms with E-state index in [0.717, 1.165) is 12.6 Å². The van der Waals surface area contributed by atoms with E-state index >= 15 is 0 Å². The summed E-state index contributed by atoms with van der Waals surface area (Å²) in [7, 11) is 0. The third-order valence-corrected chi connectivity index (χ3v) is 6.35. The van der Waals surface area contributed by atoms with Crippen LogP contribution < -0.4 is 0 Å². The molecule has 1 saturated heterocycles. The molecule has 1 N–H and O–H groups in total. The molecule has 192 valence electrons. The summed E-state index contributed by atoms with van der Waals surface area (Å²) in [5.74, 6) is -0.488. The summed E-state index contributed by atoms with van der Waals surface area (Å²) < 4.78 is 48.7. The fraction of sp³-hybridized carbons (Fsp3) is 0.292. The van der Waals surface area contributed by atoms with Crippen molar-refractivity contribution in [1.29, 1.82) is 0 Å². The second kappa shape index (κ2) is 9.60. The third-order valence-electron chi connectivity index (χ3n) is 5.95. The molecule has 3 aromatic heterocycles. The van der Waals surface area contributed by atoms with Crippen molar-refractivity contribution in [1.82, 2.24) is 29.8 Å². The Morgan fingerprint density at radius 3 is 2.65 bits per heavy atom. The van der Waals surface area contributed by atoms with E-state index < -0.39 is 18.0 Å². The van der Waals surface area contributed by atoms with Crippen molar-refractivity contribution < 1.29 is 27.6 Å². The van der Waals surface area contributed by atoms with Crippen LogP contribution in [0.3, 0.4) is 0 Å². The van der Waals surface area contributed by atoms with Crippen LogP contribution in [0.1, 0.15) is 29.4 Å². The summed E-state index contributed by atoms with van der Waals surface area (Å²) in [5, 5.41) is 17.7. The van der Waals surface area contributed by atoms with Crippen molar-refractivity contribution in [3.63, 3.8) is 0 Å². The number of hydrogen-bond donors (Lipinski definition) is 1. The maximum atomic E-state index is 14.2. The van der Waals surface area contributed by atoms with Crippen LogP contribution in [0.15, 0.2) is 47.5 Å². The number of carbonyl (C=O) groups is 1. The molecular weight excluding hydrogens is 513 g/mol. The van der Waals surface area contributed by atoms with Gasteiger partial charge in [0.2, 0.25) is 0 Å². The van der Waals surface area contributed by atoms with Crippen molar-refractivity contribution in [2.45, 2.75) is 32.2 Å². The Morgan fingerprint density at radius 1 is 1.24 bits per heavy atom. The van der Waals surface area contributed by atoms with Crippen LogP contribution in [0.4, 0.5) is 13.2 Å². The number of aromatic nitrogens is 5. The van der Waals surface area contributed by atoms with E-state index in [-0.39, 0.29) is 51.3 Å². The van der Waals surface area contributed by atoms with Crippen molar-refractivity contribution in [2.24, 2.45) is 0 Å². The molecule has 4 heterocycles. The monoisotopic (exact) mass is 532 g/mol. The van der Waals surface area contributed by atoms with Gasteiger partial charge in [0.25, 0.3) is 5.91 Å². The number of aliphatic hydroxyl groups excluding tert-OH is 1. The predicted molar refractivity (Wildman–Crippen MR) is 126 cm³/mol. The molecule has 9 nitrogen and oxygen atoms in total. The molecule has 0 radical (unpaired) electrons. The zero-order valence-electron chi connectivity index (χ0n) is 19.4. The van der Waals surface area contributed by atoms with Gasteiger partial charge in [0, 0.05) is 24.8 Å². The zero-order chi connectivity index (χ0) is 26.3. The van der Waals surface area contributed by atoms with E-state index in [1.165, 1.54) is 25.5 Å². The smallest absolute Gasteiger partial charge is 0.391 e. The standard InChI is InChI=1S/C24H20ClF3N6O3/c1-13(35)11-34-22(24(26,27)28)16(10-31-34)21-18(17-6-7-29-12-30-17)20(32-37-21)14-4-2-5-15(19(14)25)23(36)33-8-3-9-33/h2,4-7,10,12-13,35H,3,8-9,11H2,1H3/t13-/m1/s1. The number of aliphatic hydroxyl groups is 1. The number of amides is 1. The largest absolute Gasteiger partial charge is 0.433 e. The number of alkyl halides is 3. The summed E-state index contributed by atoms with van der Waals surface area (Å²) in [5.41, 5.74) is -0.496. The number of halogens is 4. The van der Waals surface area contributed by atoms with Gasteiger partial charge in [0.05, 0.1) is 46.3 Å². The highest BCUT2D eigenvalue weighted by atomic mass is 35.5. The van der Waals surface area contributed by atoms with Crippen LogP contribution >= 0.6 is 11.6 Å². The Bertz CT molecular complexity index is 1450. The highest BCUT2D eigenvalue weighted by molar-refractivity contribution is 6.36. The quantitative estimate of drug-likeness (QED) is 0.387. The van der Waals surface area contributed by atoms with Gasteiger partial charge in [0.15, 0.2) is 11.5 Å². The number of nitrogens with zero attached hydrogens (tertiary/aromatic N) is 6. The van der Waals surface area contributed by atoms with E-state index in [1.807, 2.05) is 0 Å². The lowest BCUT2D eigenvalue weighted by Crippen LogP contribution is -2.42. The average Bonchev–Trinajstić information content (AvgIpc) is 3.42. The van der Waals surface area contributed by atoms with Crippen LogP contribution in [0.2, 0.25) is 5.02 Å². The molecule has 13 heteroatoms. The van der Waals surface area contributed by atoms with E-state index in [4.69, 9.17) is 16.1 Å². The number of rotatable bonds is 6. The van der Waals surface area contributed by atoms with Gasteiger partial charge < -0.3 is 14.5 Å². The molecule has 1 aliphatic rings. The fourth-order valence-electron chi connectivity index (χ4n) is 4.14. The summed E-state index contributed by atoms with van der Waals surface area (Å²) >= 11 is 6.66.